The van der Waals surface area contributed by atoms with E-state index in [-0.39, 0.29) is 5.92 Å². The summed E-state index contributed by atoms with van der Waals surface area (Å²) in [6.07, 6.45) is 7.07. The standard InChI is InChI=1S/C22H27ClN4O/c1-2-19-20(23)21(25-14-24-19)26-18-9-7-16(8-10-18)22(28)27-12-11-15-5-3-4-6-17(15)13-27/h3-6,14,16,18H,2,7-13H2,1H3,(H,24,25,26). The van der Waals surface area contributed by atoms with E-state index in [1.54, 1.807) is 6.33 Å². The Bertz CT molecular complexity index is 848. The summed E-state index contributed by atoms with van der Waals surface area (Å²) >= 11 is 6.40. The molecule has 0 saturated heterocycles. The Labute approximate surface area is 171 Å². The van der Waals surface area contributed by atoms with E-state index in [1.165, 1.54) is 11.1 Å². The number of nitrogens with one attached hydrogen (secondary N) is 1. The van der Waals surface area contributed by atoms with Crippen LogP contribution < -0.4 is 5.32 Å². The van der Waals surface area contributed by atoms with E-state index < -0.39 is 0 Å². The highest BCUT2D eigenvalue weighted by atomic mass is 35.5. The summed E-state index contributed by atoms with van der Waals surface area (Å²) in [6, 6.07) is 8.77. The normalized spacial score (nSPS) is 21.9. The second kappa shape index (κ2) is 8.48. The van der Waals surface area contributed by atoms with Crippen LogP contribution in [0.4, 0.5) is 5.82 Å². The van der Waals surface area contributed by atoms with Crippen LogP contribution >= 0.6 is 11.6 Å². The molecule has 0 atom stereocenters. The van der Waals surface area contributed by atoms with Crippen LogP contribution in [-0.2, 0) is 24.2 Å². The van der Waals surface area contributed by atoms with Crippen molar-refractivity contribution in [3.8, 4) is 0 Å². The molecule has 1 aromatic carbocycles. The first-order valence-electron chi connectivity index (χ1n) is 10.3. The van der Waals surface area contributed by atoms with E-state index >= 15 is 0 Å². The van der Waals surface area contributed by atoms with Crippen LogP contribution in [0.25, 0.3) is 0 Å². The van der Waals surface area contributed by atoms with Gasteiger partial charge in [-0.3, -0.25) is 4.79 Å². The molecule has 0 unspecified atom stereocenters. The Morgan fingerprint density at radius 1 is 1.18 bits per heavy atom. The summed E-state index contributed by atoms with van der Waals surface area (Å²) in [5, 5.41) is 4.09. The third-order valence-corrected chi connectivity index (χ3v) is 6.45. The number of rotatable bonds is 4. The number of benzene rings is 1. The zero-order valence-electron chi connectivity index (χ0n) is 16.3. The Morgan fingerprint density at radius 2 is 1.93 bits per heavy atom. The van der Waals surface area contributed by atoms with Gasteiger partial charge in [0.1, 0.15) is 17.2 Å². The lowest BCUT2D eigenvalue weighted by molar-refractivity contribution is -0.137. The molecule has 0 bridgehead atoms. The Balaban J connectivity index is 1.33. The molecule has 1 amide bonds. The molecule has 1 aromatic heterocycles. The SMILES string of the molecule is CCc1ncnc(NC2CCC(C(=O)N3CCc4ccccc4C3)CC2)c1Cl. The van der Waals surface area contributed by atoms with Crippen LogP contribution in [0.15, 0.2) is 30.6 Å². The predicted molar refractivity (Wildman–Crippen MR) is 111 cm³/mol. The zero-order chi connectivity index (χ0) is 19.5. The molecule has 0 radical (unpaired) electrons. The number of halogens is 1. The minimum Gasteiger partial charge on any atom is -0.366 e. The molecule has 1 fully saturated rings. The number of carbonyl (C=O) groups excluding carboxylic acids is 1. The van der Waals surface area contributed by atoms with Gasteiger partial charge in [0.2, 0.25) is 5.91 Å². The van der Waals surface area contributed by atoms with Crippen LogP contribution in [0.5, 0.6) is 0 Å². The lowest BCUT2D eigenvalue weighted by Crippen LogP contribution is -2.41. The van der Waals surface area contributed by atoms with E-state index in [0.29, 0.717) is 17.0 Å². The summed E-state index contributed by atoms with van der Waals surface area (Å²) < 4.78 is 0. The molecule has 1 aliphatic carbocycles. The topological polar surface area (TPSA) is 58.1 Å². The van der Waals surface area contributed by atoms with Crippen LogP contribution in [0.2, 0.25) is 5.02 Å². The lowest BCUT2D eigenvalue weighted by Gasteiger charge is -2.35. The fraction of sp³-hybridized carbons (Fsp3) is 0.500. The summed E-state index contributed by atoms with van der Waals surface area (Å²) in [5.41, 5.74) is 3.55. The van der Waals surface area contributed by atoms with Crippen molar-refractivity contribution in [1.29, 1.82) is 0 Å². The second-order valence-electron chi connectivity index (χ2n) is 7.81. The van der Waals surface area contributed by atoms with Crippen molar-refractivity contribution >= 4 is 23.3 Å². The molecule has 1 saturated carbocycles. The maximum atomic E-state index is 13.0. The molecule has 5 nitrogen and oxygen atoms in total. The summed E-state index contributed by atoms with van der Waals surface area (Å²) in [7, 11) is 0. The van der Waals surface area contributed by atoms with Crippen molar-refractivity contribution in [2.45, 2.75) is 58.0 Å². The maximum Gasteiger partial charge on any atom is 0.225 e. The van der Waals surface area contributed by atoms with Crippen molar-refractivity contribution in [3.05, 3.63) is 52.4 Å². The number of anilines is 1. The number of aryl methyl sites for hydroxylation is 1. The van der Waals surface area contributed by atoms with Crippen LogP contribution in [-0.4, -0.2) is 33.4 Å². The van der Waals surface area contributed by atoms with Crippen LogP contribution in [0, 0.1) is 5.92 Å². The number of hydrogen-bond donors (Lipinski definition) is 1. The molecule has 2 aliphatic rings. The number of aromatic nitrogens is 2. The molecule has 2 aromatic rings. The third-order valence-electron chi connectivity index (χ3n) is 6.06. The van der Waals surface area contributed by atoms with Crippen LogP contribution in [0.3, 0.4) is 0 Å². The Hall–Kier alpha value is -2.14. The maximum absolute atomic E-state index is 13.0. The molecule has 0 spiro atoms. The van der Waals surface area contributed by atoms with Gasteiger partial charge in [-0.1, -0.05) is 42.8 Å². The first-order chi connectivity index (χ1) is 13.7. The highest BCUT2D eigenvalue weighted by molar-refractivity contribution is 6.33. The van der Waals surface area contributed by atoms with E-state index in [0.717, 1.165) is 63.1 Å². The molecule has 2 heterocycles. The van der Waals surface area contributed by atoms with Crippen molar-refractivity contribution < 1.29 is 4.79 Å². The minimum atomic E-state index is 0.135. The fourth-order valence-electron chi connectivity index (χ4n) is 4.37. The van der Waals surface area contributed by atoms with Crippen molar-refractivity contribution in [1.82, 2.24) is 14.9 Å². The van der Waals surface area contributed by atoms with Crippen molar-refractivity contribution in [3.63, 3.8) is 0 Å². The van der Waals surface area contributed by atoms with Gasteiger partial charge < -0.3 is 10.2 Å². The molecular formula is C22H27ClN4O. The van der Waals surface area contributed by atoms with Gasteiger partial charge in [-0.15, -0.1) is 0 Å². The van der Waals surface area contributed by atoms with Crippen molar-refractivity contribution in [2.24, 2.45) is 5.92 Å². The Kier molecular flexibility index (Phi) is 5.81. The molecule has 6 heteroatoms. The highest BCUT2D eigenvalue weighted by Crippen LogP contribution is 2.31. The smallest absolute Gasteiger partial charge is 0.225 e. The monoisotopic (exact) mass is 398 g/mol. The van der Waals surface area contributed by atoms with E-state index in [4.69, 9.17) is 11.6 Å². The van der Waals surface area contributed by atoms with E-state index in [2.05, 4.69) is 44.5 Å². The van der Waals surface area contributed by atoms with Gasteiger partial charge in [0.15, 0.2) is 0 Å². The van der Waals surface area contributed by atoms with Gasteiger partial charge in [-0.25, -0.2) is 9.97 Å². The summed E-state index contributed by atoms with van der Waals surface area (Å²) in [4.78, 5) is 23.6. The summed E-state index contributed by atoms with van der Waals surface area (Å²) in [6.45, 7) is 3.63. The lowest BCUT2D eigenvalue weighted by atomic mass is 9.84. The number of nitrogens with zero attached hydrogens (tertiary/aromatic N) is 3. The molecule has 1 aliphatic heterocycles. The highest BCUT2D eigenvalue weighted by Gasteiger charge is 2.31. The average molecular weight is 399 g/mol. The molecular weight excluding hydrogens is 372 g/mol. The number of carbonyl (C=O) groups is 1. The van der Waals surface area contributed by atoms with Gasteiger partial charge >= 0.3 is 0 Å². The molecule has 1 N–H and O–H groups in total. The van der Waals surface area contributed by atoms with Gasteiger partial charge in [-0.2, -0.15) is 0 Å². The number of fused-ring (bicyclic) bond motifs is 1. The minimum absolute atomic E-state index is 0.135. The second-order valence-corrected chi connectivity index (χ2v) is 8.19. The largest absolute Gasteiger partial charge is 0.366 e. The number of hydrogen-bond acceptors (Lipinski definition) is 4. The molecule has 148 valence electrons. The first-order valence-corrected chi connectivity index (χ1v) is 10.6. The predicted octanol–water partition coefficient (Wildman–Crippen LogP) is 4.25. The Morgan fingerprint density at radius 3 is 2.68 bits per heavy atom. The number of amides is 1. The van der Waals surface area contributed by atoms with Gasteiger partial charge in [0.05, 0.1) is 5.69 Å². The summed E-state index contributed by atoms with van der Waals surface area (Å²) in [5.74, 6) is 1.17. The quantitative estimate of drug-likeness (QED) is 0.836. The van der Waals surface area contributed by atoms with Gasteiger partial charge in [0.25, 0.3) is 0 Å². The van der Waals surface area contributed by atoms with Gasteiger partial charge in [-0.05, 0) is 49.7 Å². The average Bonchev–Trinajstić information content (AvgIpc) is 2.75. The molecule has 4 rings (SSSR count). The fourth-order valence-corrected chi connectivity index (χ4v) is 4.66. The molecule has 28 heavy (non-hydrogen) atoms. The van der Waals surface area contributed by atoms with Gasteiger partial charge in [0, 0.05) is 25.0 Å². The van der Waals surface area contributed by atoms with Crippen molar-refractivity contribution in [2.75, 3.05) is 11.9 Å². The van der Waals surface area contributed by atoms with E-state index in [9.17, 15) is 4.79 Å². The first kappa shape index (κ1) is 19.2. The van der Waals surface area contributed by atoms with E-state index in [1.807, 2.05) is 6.92 Å². The van der Waals surface area contributed by atoms with Crippen LogP contribution in [0.1, 0.15) is 49.4 Å². The zero-order valence-corrected chi connectivity index (χ0v) is 17.1. The third kappa shape index (κ3) is 4.00.